The van der Waals surface area contributed by atoms with Crippen molar-refractivity contribution in [1.82, 2.24) is 29.9 Å². The third-order valence-corrected chi connectivity index (χ3v) is 5.33. The minimum absolute atomic E-state index is 0.0432. The average molecular weight is 468 g/mol. The molecule has 10 heteroatoms. The lowest BCUT2D eigenvalue weighted by Gasteiger charge is -2.16. The summed E-state index contributed by atoms with van der Waals surface area (Å²) < 4.78 is 44.4. The fourth-order valence-corrected chi connectivity index (χ4v) is 3.79. The van der Waals surface area contributed by atoms with Gasteiger partial charge in [0, 0.05) is 24.1 Å². The van der Waals surface area contributed by atoms with Crippen LogP contribution in [0.4, 0.5) is 13.2 Å². The molecule has 34 heavy (non-hydrogen) atoms. The molecule has 3 heterocycles. The van der Waals surface area contributed by atoms with Crippen LogP contribution in [0.5, 0.6) is 0 Å². The second kappa shape index (κ2) is 8.77. The lowest BCUT2D eigenvalue weighted by Crippen LogP contribution is -2.25. The summed E-state index contributed by atoms with van der Waals surface area (Å²) >= 11 is 0. The van der Waals surface area contributed by atoms with E-state index in [0.29, 0.717) is 17.2 Å². The number of amides is 1. The predicted octanol–water partition coefficient (Wildman–Crippen LogP) is 4.64. The molecule has 0 spiro atoms. The van der Waals surface area contributed by atoms with Crippen molar-refractivity contribution >= 4 is 5.91 Å². The summed E-state index contributed by atoms with van der Waals surface area (Å²) in [6.45, 7) is 7.02. The van der Waals surface area contributed by atoms with E-state index in [1.54, 1.807) is 42.8 Å². The zero-order valence-electron chi connectivity index (χ0n) is 19.1. The highest BCUT2D eigenvalue weighted by molar-refractivity contribution is 5.93. The Morgan fingerprint density at radius 1 is 0.912 bits per heavy atom. The summed E-state index contributed by atoms with van der Waals surface area (Å²) in [5.74, 6) is 0.0180. The first-order chi connectivity index (χ1) is 16.0. The smallest absolute Gasteiger partial charge is 0.348 e. The van der Waals surface area contributed by atoms with Crippen molar-refractivity contribution in [3.05, 3.63) is 88.1 Å². The molecule has 0 saturated carbocycles. The quantitative estimate of drug-likeness (QED) is 0.463. The number of alkyl halides is 3. The van der Waals surface area contributed by atoms with Crippen molar-refractivity contribution in [1.29, 1.82) is 0 Å². The number of carbonyl (C=O) groups is 1. The number of rotatable bonds is 5. The molecule has 4 rings (SSSR count). The van der Waals surface area contributed by atoms with E-state index in [1.807, 2.05) is 19.9 Å². The van der Waals surface area contributed by atoms with Gasteiger partial charge in [0.25, 0.3) is 5.91 Å². The van der Waals surface area contributed by atoms with Gasteiger partial charge in [-0.05, 0) is 69.7 Å². The van der Waals surface area contributed by atoms with Crippen LogP contribution in [0.15, 0.2) is 48.7 Å². The Morgan fingerprint density at radius 2 is 1.56 bits per heavy atom. The topological polar surface area (TPSA) is 77.6 Å². The van der Waals surface area contributed by atoms with Gasteiger partial charge in [0.2, 0.25) is 0 Å². The lowest BCUT2D eigenvalue weighted by atomic mass is 10.1. The molecule has 0 atom stereocenters. The highest BCUT2D eigenvalue weighted by atomic mass is 19.4. The van der Waals surface area contributed by atoms with E-state index in [2.05, 4.69) is 20.5 Å². The van der Waals surface area contributed by atoms with Gasteiger partial charge in [0.15, 0.2) is 5.82 Å². The fourth-order valence-electron chi connectivity index (χ4n) is 3.79. The van der Waals surface area contributed by atoms with Crippen LogP contribution in [0, 0.1) is 27.7 Å². The van der Waals surface area contributed by atoms with E-state index in [9.17, 15) is 18.0 Å². The van der Waals surface area contributed by atoms with Crippen molar-refractivity contribution < 1.29 is 18.0 Å². The van der Waals surface area contributed by atoms with Crippen molar-refractivity contribution in [2.75, 3.05) is 0 Å². The number of aryl methyl sites for hydroxylation is 4. The predicted molar refractivity (Wildman–Crippen MR) is 120 cm³/mol. The summed E-state index contributed by atoms with van der Waals surface area (Å²) in [4.78, 5) is 16.8. The van der Waals surface area contributed by atoms with Gasteiger partial charge in [-0.25, -0.2) is 14.3 Å². The summed E-state index contributed by atoms with van der Waals surface area (Å²) in [6.07, 6.45) is -3.22. The first kappa shape index (κ1) is 23.2. The number of hydrogen-bond acceptors (Lipinski definition) is 4. The molecule has 7 nitrogen and oxygen atoms in total. The average Bonchev–Trinajstić information content (AvgIpc) is 3.30. The Morgan fingerprint density at radius 3 is 2.09 bits per heavy atom. The number of benzene rings is 1. The van der Waals surface area contributed by atoms with E-state index in [1.165, 1.54) is 16.9 Å². The van der Waals surface area contributed by atoms with E-state index in [-0.39, 0.29) is 17.7 Å². The highest BCUT2D eigenvalue weighted by Gasteiger charge is 2.34. The fraction of sp³-hybridized carbons (Fsp3) is 0.250. The molecular formula is C24H23F3N6O. The maximum absolute atomic E-state index is 13.8. The van der Waals surface area contributed by atoms with E-state index < -0.39 is 17.6 Å². The number of halogens is 3. The Balaban J connectivity index is 1.53. The third-order valence-electron chi connectivity index (χ3n) is 5.33. The van der Waals surface area contributed by atoms with Gasteiger partial charge in [0.05, 0.1) is 28.2 Å². The van der Waals surface area contributed by atoms with Gasteiger partial charge in [-0.3, -0.25) is 4.79 Å². The van der Waals surface area contributed by atoms with Crippen LogP contribution in [0.1, 0.15) is 44.3 Å². The molecule has 1 N–H and O–H groups in total. The Labute approximate surface area is 194 Å². The molecule has 0 aliphatic rings. The monoisotopic (exact) mass is 468 g/mol. The van der Waals surface area contributed by atoms with Gasteiger partial charge in [-0.2, -0.15) is 23.4 Å². The van der Waals surface area contributed by atoms with Crippen LogP contribution in [-0.2, 0) is 12.7 Å². The van der Waals surface area contributed by atoms with Crippen LogP contribution >= 0.6 is 0 Å². The number of hydrogen-bond donors (Lipinski definition) is 1. The number of nitrogens with one attached hydrogen (secondary N) is 1. The molecule has 3 aromatic heterocycles. The van der Waals surface area contributed by atoms with Gasteiger partial charge in [-0.1, -0.05) is 6.07 Å². The zero-order chi connectivity index (χ0) is 24.6. The summed E-state index contributed by atoms with van der Waals surface area (Å²) in [6, 6.07) is 10.9. The van der Waals surface area contributed by atoms with Gasteiger partial charge < -0.3 is 5.32 Å². The second-order valence-corrected chi connectivity index (χ2v) is 8.10. The molecule has 0 saturated heterocycles. The third kappa shape index (κ3) is 4.70. The molecule has 0 aliphatic carbocycles. The van der Waals surface area contributed by atoms with Crippen molar-refractivity contribution in [3.8, 4) is 11.5 Å². The molecular weight excluding hydrogens is 445 g/mol. The van der Waals surface area contributed by atoms with Crippen LogP contribution in [0.2, 0.25) is 0 Å². The number of pyridine rings is 1. The lowest BCUT2D eigenvalue weighted by molar-refractivity contribution is -0.138. The number of nitrogens with zero attached hydrogens (tertiary/aromatic N) is 5. The van der Waals surface area contributed by atoms with Crippen LogP contribution < -0.4 is 5.32 Å². The molecule has 1 aromatic carbocycles. The second-order valence-electron chi connectivity index (χ2n) is 8.10. The normalized spacial score (nSPS) is 11.6. The van der Waals surface area contributed by atoms with Crippen molar-refractivity contribution in [3.63, 3.8) is 0 Å². The zero-order valence-corrected chi connectivity index (χ0v) is 19.1. The highest BCUT2D eigenvalue weighted by Crippen LogP contribution is 2.33. The molecule has 1 amide bonds. The standard InChI is InChI=1S/C24H23F3N6O/c1-14-9-16(3)32(30-14)20-7-5-18(21(11-20)24(25,26)27)12-29-23(34)19-6-8-22(28-13-19)33-17(4)10-15(2)31-33/h5-11,13H,12H2,1-4H3,(H,29,34). The largest absolute Gasteiger partial charge is 0.416 e. The van der Waals surface area contributed by atoms with Gasteiger partial charge in [0.1, 0.15) is 0 Å². The minimum Gasteiger partial charge on any atom is -0.348 e. The van der Waals surface area contributed by atoms with Gasteiger partial charge >= 0.3 is 6.18 Å². The summed E-state index contributed by atoms with van der Waals surface area (Å²) in [7, 11) is 0. The van der Waals surface area contributed by atoms with E-state index >= 15 is 0 Å². The van der Waals surface area contributed by atoms with E-state index in [4.69, 9.17) is 0 Å². The minimum atomic E-state index is -4.59. The molecule has 176 valence electrons. The molecule has 0 bridgehead atoms. The van der Waals surface area contributed by atoms with Crippen LogP contribution in [0.25, 0.3) is 11.5 Å². The van der Waals surface area contributed by atoms with Crippen LogP contribution in [0.3, 0.4) is 0 Å². The Kier molecular flexibility index (Phi) is 5.99. The van der Waals surface area contributed by atoms with Crippen LogP contribution in [-0.4, -0.2) is 30.5 Å². The number of carbonyl (C=O) groups excluding carboxylic acids is 1. The SMILES string of the molecule is Cc1cc(C)n(-c2ccc(CNC(=O)c3ccc(-n4nc(C)cc4C)nc3)c(C(F)(F)F)c2)n1. The first-order valence-corrected chi connectivity index (χ1v) is 10.5. The van der Waals surface area contributed by atoms with Crippen molar-refractivity contribution in [2.24, 2.45) is 0 Å². The molecule has 0 fully saturated rings. The van der Waals surface area contributed by atoms with Gasteiger partial charge in [-0.15, -0.1) is 0 Å². The summed E-state index contributed by atoms with van der Waals surface area (Å²) in [5.41, 5.74) is 2.84. The maximum atomic E-state index is 13.8. The Hall–Kier alpha value is -3.95. The molecule has 0 unspecified atom stereocenters. The maximum Gasteiger partial charge on any atom is 0.416 e. The molecule has 0 radical (unpaired) electrons. The summed E-state index contributed by atoms with van der Waals surface area (Å²) in [5, 5.41) is 11.1. The van der Waals surface area contributed by atoms with Crippen molar-refractivity contribution in [2.45, 2.75) is 40.4 Å². The molecule has 4 aromatic rings. The molecule has 0 aliphatic heterocycles. The number of aromatic nitrogens is 5. The Bertz CT molecular complexity index is 1350. The van der Waals surface area contributed by atoms with E-state index in [0.717, 1.165) is 23.1 Å². The first-order valence-electron chi connectivity index (χ1n) is 10.5.